The Bertz CT molecular complexity index is 1280. The number of para-hydroxylation sites is 1. The Hall–Kier alpha value is -2.56. The number of hydrogen-bond acceptors (Lipinski definition) is 6. The molecule has 11 heteroatoms. The molecule has 8 nitrogen and oxygen atoms in total. The predicted octanol–water partition coefficient (Wildman–Crippen LogP) is 4.08. The van der Waals surface area contributed by atoms with Gasteiger partial charge >= 0.3 is 6.09 Å². The third-order valence-electron chi connectivity index (χ3n) is 5.66. The van der Waals surface area contributed by atoms with Gasteiger partial charge in [-0.05, 0) is 38.5 Å². The zero-order chi connectivity index (χ0) is 26.1. The standard InChI is InChI=1S/C25H28ClN3O5S2/c1-25(2,3)34-24(31)27-18(13-16-9-5-4-6-10-16)22(30)28-23-29(19-12-8-7-11-17(19)26)20-14-36(32,33)15-21(20)35-23/h4-12,18,20-21H,13-15H2,1-3H3,(H,27,31)/t18-,20-,21+/m1/s1. The van der Waals surface area contributed by atoms with Crippen molar-refractivity contribution in [3.8, 4) is 0 Å². The van der Waals surface area contributed by atoms with E-state index >= 15 is 0 Å². The summed E-state index contributed by atoms with van der Waals surface area (Å²) in [6.07, 6.45) is -0.504. The van der Waals surface area contributed by atoms with Crippen LogP contribution in [0.1, 0.15) is 26.3 Å². The van der Waals surface area contributed by atoms with E-state index in [-0.39, 0.29) is 23.2 Å². The zero-order valence-corrected chi connectivity index (χ0v) is 22.6. The van der Waals surface area contributed by atoms with Gasteiger partial charge in [0.15, 0.2) is 15.0 Å². The molecule has 0 bridgehead atoms. The third kappa shape index (κ3) is 6.41. The second-order valence-corrected chi connectivity index (χ2v) is 13.5. The van der Waals surface area contributed by atoms with E-state index in [0.29, 0.717) is 15.9 Å². The van der Waals surface area contributed by atoms with Gasteiger partial charge in [0.2, 0.25) is 0 Å². The summed E-state index contributed by atoms with van der Waals surface area (Å²) in [5.74, 6) is -0.612. The normalized spacial score (nSPS) is 22.8. The Kier molecular flexibility index (Phi) is 7.68. The number of thioether (sulfide) groups is 1. The molecule has 2 aliphatic heterocycles. The molecule has 0 unspecified atom stereocenters. The molecule has 0 aliphatic carbocycles. The number of nitrogens with zero attached hydrogens (tertiary/aromatic N) is 2. The maximum atomic E-state index is 13.5. The Morgan fingerprint density at radius 3 is 2.47 bits per heavy atom. The number of amides is 2. The number of halogens is 1. The molecule has 36 heavy (non-hydrogen) atoms. The zero-order valence-electron chi connectivity index (χ0n) is 20.2. The molecule has 3 atom stereocenters. The number of aliphatic imine (C=N–C) groups is 1. The lowest BCUT2D eigenvalue weighted by atomic mass is 10.1. The van der Waals surface area contributed by atoms with E-state index in [1.54, 1.807) is 49.9 Å². The van der Waals surface area contributed by atoms with Gasteiger partial charge in [-0.1, -0.05) is 65.8 Å². The summed E-state index contributed by atoms with van der Waals surface area (Å²) in [6, 6.07) is 15.0. The Morgan fingerprint density at radius 1 is 1.14 bits per heavy atom. The highest BCUT2D eigenvalue weighted by Gasteiger charge is 2.50. The average molecular weight is 550 g/mol. The van der Waals surface area contributed by atoms with Crippen molar-refractivity contribution in [1.82, 2.24) is 5.32 Å². The van der Waals surface area contributed by atoms with Gasteiger partial charge in [-0.3, -0.25) is 4.79 Å². The van der Waals surface area contributed by atoms with Crippen LogP contribution in [0.5, 0.6) is 0 Å². The van der Waals surface area contributed by atoms with Crippen LogP contribution in [0.2, 0.25) is 5.02 Å². The molecule has 2 fully saturated rings. The van der Waals surface area contributed by atoms with Crippen LogP contribution in [0.25, 0.3) is 0 Å². The second-order valence-electron chi connectivity index (χ2n) is 9.74. The largest absolute Gasteiger partial charge is 0.444 e. The van der Waals surface area contributed by atoms with E-state index < -0.39 is 39.5 Å². The number of ether oxygens (including phenoxy) is 1. The highest BCUT2D eigenvalue weighted by atomic mass is 35.5. The SMILES string of the molecule is CC(C)(C)OC(=O)N[C@H](Cc1ccccc1)C(=O)N=C1S[C@H]2CS(=O)(=O)C[C@H]2N1c1ccccc1Cl. The number of sulfone groups is 1. The van der Waals surface area contributed by atoms with Crippen LogP contribution in [0.15, 0.2) is 59.6 Å². The van der Waals surface area contributed by atoms with Crippen molar-refractivity contribution in [1.29, 1.82) is 0 Å². The molecular formula is C25H28ClN3O5S2. The molecule has 0 spiro atoms. The molecule has 4 rings (SSSR count). The molecule has 2 amide bonds. The van der Waals surface area contributed by atoms with Crippen molar-refractivity contribution in [2.45, 2.75) is 50.1 Å². The van der Waals surface area contributed by atoms with Crippen LogP contribution in [-0.2, 0) is 25.8 Å². The van der Waals surface area contributed by atoms with Crippen LogP contribution in [0, 0.1) is 0 Å². The molecule has 2 aliphatic rings. The van der Waals surface area contributed by atoms with Crippen molar-refractivity contribution in [2.75, 3.05) is 16.4 Å². The molecule has 2 saturated heterocycles. The molecule has 1 N–H and O–H groups in total. The predicted molar refractivity (Wildman–Crippen MR) is 143 cm³/mol. The van der Waals surface area contributed by atoms with Gasteiger partial charge in [0.25, 0.3) is 5.91 Å². The first-order chi connectivity index (χ1) is 16.9. The fraction of sp³-hybridized carbons (Fsp3) is 0.400. The number of hydrogen-bond donors (Lipinski definition) is 1. The summed E-state index contributed by atoms with van der Waals surface area (Å²) < 4.78 is 30.0. The smallest absolute Gasteiger partial charge is 0.408 e. The molecule has 2 heterocycles. The van der Waals surface area contributed by atoms with Gasteiger partial charge in [0.1, 0.15) is 11.6 Å². The molecule has 2 aromatic carbocycles. The summed E-state index contributed by atoms with van der Waals surface area (Å²) in [5, 5.41) is 3.17. The number of alkyl carbamates (subject to hydrolysis) is 1. The van der Waals surface area contributed by atoms with Crippen molar-refractivity contribution < 1.29 is 22.7 Å². The van der Waals surface area contributed by atoms with Gasteiger partial charge in [0, 0.05) is 11.7 Å². The number of amidine groups is 1. The molecule has 0 radical (unpaired) electrons. The lowest BCUT2D eigenvalue weighted by Crippen LogP contribution is -2.45. The van der Waals surface area contributed by atoms with Gasteiger partial charge in [0.05, 0.1) is 28.3 Å². The Morgan fingerprint density at radius 2 is 1.81 bits per heavy atom. The number of benzene rings is 2. The number of nitrogens with one attached hydrogen (secondary N) is 1. The summed E-state index contributed by atoms with van der Waals surface area (Å²) >= 11 is 7.70. The second kappa shape index (κ2) is 10.4. The van der Waals surface area contributed by atoms with Crippen LogP contribution in [0.3, 0.4) is 0 Å². The van der Waals surface area contributed by atoms with E-state index in [2.05, 4.69) is 10.3 Å². The lowest BCUT2D eigenvalue weighted by Gasteiger charge is -2.26. The van der Waals surface area contributed by atoms with E-state index in [0.717, 1.165) is 5.56 Å². The Balaban J connectivity index is 1.66. The minimum absolute atomic E-state index is 0.0000981. The van der Waals surface area contributed by atoms with Crippen LogP contribution in [-0.4, -0.2) is 60.0 Å². The van der Waals surface area contributed by atoms with Crippen molar-refractivity contribution in [3.05, 3.63) is 65.2 Å². The topological polar surface area (TPSA) is 105 Å². The highest BCUT2D eigenvalue weighted by Crippen LogP contribution is 2.43. The molecule has 0 aromatic heterocycles. The van der Waals surface area contributed by atoms with E-state index in [1.807, 2.05) is 30.3 Å². The van der Waals surface area contributed by atoms with Gasteiger partial charge in [-0.15, -0.1) is 0 Å². The summed E-state index contributed by atoms with van der Waals surface area (Å²) in [7, 11) is -3.22. The molecule has 192 valence electrons. The number of fused-ring (bicyclic) bond motifs is 1. The first kappa shape index (κ1) is 26.5. The number of anilines is 1. The molecule has 0 saturated carbocycles. The van der Waals surface area contributed by atoms with E-state index in [1.165, 1.54) is 11.8 Å². The van der Waals surface area contributed by atoms with E-state index in [9.17, 15) is 18.0 Å². The lowest BCUT2D eigenvalue weighted by molar-refractivity contribution is -0.119. The number of carbonyl (C=O) groups is 2. The summed E-state index contributed by atoms with van der Waals surface area (Å²) in [4.78, 5) is 32.1. The quantitative estimate of drug-likeness (QED) is 0.599. The van der Waals surface area contributed by atoms with E-state index in [4.69, 9.17) is 16.3 Å². The first-order valence-electron chi connectivity index (χ1n) is 11.5. The molecular weight excluding hydrogens is 522 g/mol. The van der Waals surface area contributed by atoms with Crippen molar-refractivity contribution >= 4 is 56.1 Å². The fourth-order valence-electron chi connectivity index (χ4n) is 4.17. The minimum atomic E-state index is -3.22. The maximum absolute atomic E-state index is 13.5. The monoisotopic (exact) mass is 549 g/mol. The maximum Gasteiger partial charge on any atom is 0.408 e. The van der Waals surface area contributed by atoms with Crippen LogP contribution >= 0.6 is 23.4 Å². The first-order valence-corrected chi connectivity index (χ1v) is 14.6. The van der Waals surface area contributed by atoms with Crippen LogP contribution in [0.4, 0.5) is 10.5 Å². The minimum Gasteiger partial charge on any atom is -0.444 e. The number of carbonyl (C=O) groups excluding carboxylic acids is 2. The molecule has 2 aromatic rings. The summed E-state index contributed by atoms with van der Waals surface area (Å²) in [5.41, 5.74) is 0.696. The fourth-order valence-corrected chi connectivity index (χ4v) is 8.30. The van der Waals surface area contributed by atoms with Gasteiger partial charge < -0.3 is 15.0 Å². The average Bonchev–Trinajstić information content (AvgIpc) is 3.24. The third-order valence-corrected chi connectivity index (χ3v) is 9.19. The summed E-state index contributed by atoms with van der Waals surface area (Å²) in [6.45, 7) is 5.22. The van der Waals surface area contributed by atoms with Crippen LogP contribution < -0.4 is 10.2 Å². The van der Waals surface area contributed by atoms with Crippen molar-refractivity contribution in [3.63, 3.8) is 0 Å². The number of rotatable bonds is 5. The van der Waals surface area contributed by atoms with Gasteiger partial charge in [-0.2, -0.15) is 4.99 Å². The Labute approximate surface area is 220 Å². The van der Waals surface area contributed by atoms with Crippen molar-refractivity contribution in [2.24, 2.45) is 4.99 Å². The highest BCUT2D eigenvalue weighted by molar-refractivity contribution is 8.16. The van der Waals surface area contributed by atoms with Gasteiger partial charge in [-0.25, -0.2) is 13.2 Å².